The molecule has 2 nitrogen and oxygen atoms in total. The van der Waals surface area contributed by atoms with E-state index in [2.05, 4.69) is 0 Å². The average Bonchev–Trinajstić information content (AvgIpc) is 2.29. The molecule has 4 heteroatoms. The highest BCUT2D eigenvalue weighted by Gasteiger charge is 2.40. The van der Waals surface area contributed by atoms with Crippen molar-refractivity contribution in [2.24, 2.45) is 5.73 Å². The van der Waals surface area contributed by atoms with Gasteiger partial charge in [0.1, 0.15) is 19.1 Å². The van der Waals surface area contributed by atoms with Crippen molar-refractivity contribution in [3.63, 3.8) is 0 Å². The molecule has 1 unspecified atom stereocenters. The van der Waals surface area contributed by atoms with Gasteiger partial charge in [-0.1, -0.05) is 18.2 Å². The van der Waals surface area contributed by atoms with E-state index < -0.39 is 19.0 Å². The van der Waals surface area contributed by atoms with E-state index in [1.165, 1.54) is 0 Å². The normalized spacial score (nSPS) is 23.0. The summed E-state index contributed by atoms with van der Waals surface area (Å²) >= 11 is 0. The summed E-state index contributed by atoms with van der Waals surface area (Å²) in [6.45, 7) is -1.71. The minimum Gasteiger partial charge on any atom is -0.481 e. The summed E-state index contributed by atoms with van der Waals surface area (Å²) in [4.78, 5) is 0. The highest BCUT2D eigenvalue weighted by atomic mass is 19.1. The molecule has 0 fully saturated rings. The zero-order valence-corrected chi connectivity index (χ0v) is 8.25. The number of ether oxygens (including phenoxy) is 1. The molecule has 1 aliphatic rings. The molecule has 2 rings (SSSR count). The molecule has 82 valence electrons. The third-order valence-electron chi connectivity index (χ3n) is 2.72. The van der Waals surface area contributed by atoms with E-state index >= 15 is 0 Å². The first kappa shape index (κ1) is 10.4. The lowest BCUT2D eigenvalue weighted by molar-refractivity contribution is -0.00778. The third kappa shape index (κ3) is 1.69. The van der Waals surface area contributed by atoms with Gasteiger partial charge >= 0.3 is 0 Å². The van der Waals surface area contributed by atoms with Gasteiger partial charge in [0.25, 0.3) is 0 Å². The maximum absolute atomic E-state index is 12.8. The fraction of sp³-hybridized carbons (Fsp3) is 0.455. The molecule has 0 saturated heterocycles. The van der Waals surface area contributed by atoms with Crippen LogP contribution < -0.4 is 10.5 Å². The summed E-state index contributed by atoms with van der Waals surface area (Å²) in [6, 6.07) is 6.74. The van der Waals surface area contributed by atoms with E-state index in [1.54, 1.807) is 12.1 Å². The Morgan fingerprint density at radius 1 is 1.33 bits per heavy atom. The molecule has 1 aliphatic heterocycles. The highest BCUT2D eigenvalue weighted by molar-refractivity contribution is 5.38. The Bertz CT molecular complexity index is 352. The van der Waals surface area contributed by atoms with Crippen molar-refractivity contribution in [1.82, 2.24) is 0 Å². The summed E-state index contributed by atoms with van der Waals surface area (Å²) in [5.74, 6) is 0.492. The number of alkyl halides is 2. The third-order valence-corrected chi connectivity index (χ3v) is 2.72. The Hall–Kier alpha value is -1.16. The van der Waals surface area contributed by atoms with Crippen LogP contribution in [0.5, 0.6) is 5.75 Å². The van der Waals surface area contributed by atoms with Gasteiger partial charge in [0.2, 0.25) is 0 Å². The molecule has 0 aromatic heterocycles. The van der Waals surface area contributed by atoms with Crippen molar-refractivity contribution in [2.75, 3.05) is 13.3 Å². The summed E-state index contributed by atoms with van der Waals surface area (Å²) in [5, 5.41) is 0. The molecule has 0 radical (unpaired) electrons. The van der Waals surface area contributed by atoms with Crippen molar-refractivity contribution in [2.45, 2.75) is 18.1 Å². The van der Waals surface area contributed by atoms with Crippen LogP contribution in [0.25, 0.3) is 0 Å². The van der Waals surface area contributed by atoms with E-state index in [4.69, 9.17) is 10.5 Å². The second kappa shape index (κ2) is 3.77. The van der Waals surface area contributed by atoms with Gasteiger partial charge in [-0.2, -0.15) is 0 Å². The minimum atomic E-state index is -1.38. The first-order valence-electron chi connectivity index (χ1n) is 4.86. The fourth-order valence-corrected chi connectivity index (χ4v) is 1.86. The van der Waals surface area contributed by atoms with Crippen molar-refractivity contribution in [3.8, 4) is 5.75 Å². The maximum Gasteiger partial charge on any atom is 0.167 e. The minimum absolute atomic E-state index is 0.178. The molecular formula is C11H13F2NO. The van der Waals surface area contributed by atoms with Gasteiger partial charge in [-0.15, -0.1) is 0 Å². The molecule has 15 heavy (non-hydrogen) atoms. The fourth-order valence-electron chi connectivity index (χ4n) is 1.86. The Kier molecular flexibility index (Phi) is 2.61. The topological polar surface area (TPSA) is 35.2 Å². The molecule has 2 N–H and O–H groups in total. The van der Waals surface area contributed by atoms with Crippen LogP contribution in [-0.2, 0) is 0 Å². The molecule has 0 saturated carbocycles. The van der Waals surface area contributed by atoms with Gasteiger partial charge < -0.3 is 10.5 Å². The molecule has 0 aliphatic carbocycles. The van der Waals surface area contributed by atoms with Gasteiger partial charge in [0, 0.05) is 18.0 Å². The van der Waals surface area contributed by atoms with Crippen molar-refractivity contribution in [3.05, 3.63) is 29.8 Å². The molecule has 1 aromatic carbocycles. The number of para-hydroxylation sites is 1. The lowest BCUT2D eigenvalue weighted by Gasteiger charge is -2.37. The first-order chi connectivity index (χ1) is 7.21. The lowest BCUT2D eigenvalue weighted by atomic mass is 9.89. The van der Waals surface area contributed by atoms with Gasteiger partial charge in [0.05, 0.1) is 0 Å². The van der Waals surface area contributed by atoms with Gasteiger partial charge in [-0.3, -0.25) is 0 Å². The van der Waals surface area contributed by atoms with Crippen molar-refractivity contribution < 1.29 is 13.5 Å². The average molecular weight is 213 g/mol. The second-order valence-electron chi connectivity index (χ2n) is 3.90. The number of halogens is 2. The summed E-state index contributed by atoms with van der Waals surface area (Å²) < 4.78 is 30.9. The van der Waals surface area contributed by atoms with Crippen LogP contribution in [0.15, 0.2) is 24.3 Å². The largest absolute Gasteiger partial charge is 0.481 e. The molecular weight excluding hydrogens is 200 g/mol. The van der Waals surface area contributed by atoms with E-state index in [0.717, 1.165) is 5.56 Å². The van der Waals surface area contributed by atoms with E-state index in [1.807, 2.05) is 12.1 Å². The van der Waals surface area contributed by atoms with E-state index in [-0.39, 0.29) is 12.5 Å². The standard InChI is InChI=1S/C11H13F2NO/c12-6-11(7-13)5-9(14)8-3-1-2-4-10(8)15-11/h1-4,9H,5-7,14H2. The molecule has 1 heterocycles. The van der Waals surface area contributed by atoms with Crippen molar-refractivity contribution >= 4 is 0 Å². The Balaban J connectivity index is 2.37. The monoisotopic (exact) mass is 213 g/mol. The van der Waals surface area contributed by atoms with Crippen LogP contribution in [0.4, 0.5) is 8.78 Å². The van der Waals surface area contributed by atoms with Gasteiger partial charge in [0.15, 0.2) is 5.60 Å². The number of hydrogen-bond acceptors (Lipinski definition) is 2. The molecule has 0 bridgehead atoms. The van der Waals surface area contributed by atoms with Crippen LogP contribution in [-0.4, -0.2) is 19.0 Å². The number of rotatable bonds is 2. The number of fused-ring (bicyclic) bond motifs is 1. The molecule has 0 spiro atoms. The first-order valence-corrected chi connectivity index (χ1v) is 4.86. The number of nitrogens with two attached hydrogens (primary N) is 1. The zero-order chi connectivity index (χ0) is 10.9. The summed E-state index contributed by atoms with van der Waals surface area (Å²) in [6.07, 6.45) is 0.178. The van der Waals surface area contributed by atoms with Crippen LogP contribution >= 0.6 is 0 Å². The lowest BCUT2D eigenvalue weighted by Crippen LogP contribution is -2.46. The van der Waals surface area contributed by atoms with Crippen LogP contribution in [0.1, 0.15) is 18.0 Å². The molecule has 0 amide bonds. The highest BCUT2D eigenvalue weighted by Crippen LogP contribution is 2.38. The Labute approximate surface area is 87.0 Å². The maximum atomic E-state index is 12.8. The van der Waals surface area contributed by atoms with Crippen molar-refractivity contribution in [1.29, 1.82) is 0 Å². The smallest absolute Gasteiger partial charge is 0.167 e. The number of hydrogen-bond donors (Lipinski definition) is 1. The molecule has 1 aromatic rings. The summed E-state index contributed by atoms with van der Waals surface area (Å²) in [7, 11) is 0. The second-order valence-corrected chi connectivity index (χ2v) is 3.90. The van der Waals surface area contributed by atoms with E-state index in [0.29, 0.717) is 5.75 Å². The number of benzene rings is 1. The Morgan fingerprint density at radius 3 is 2.67 bits per heavy atom. The van der Waals surface area contributed by atoms with Gasteiger partial charge in [-0.05, 0) is 6.07 Å². The predicted octanol–water partition coefficient (Wildman–Crippen LogP) is 2.15. The van der Waals surface area contributed by atoms with Crippen LogP contribution in [0, 0.1) is 0 Å². The zero-order valence-electron chi connectivity index (χ0n) is 8.25. The van der Waals surface area contributed by atoms with E-state index in [9.17, 15) is 8.78 Å². The SMILES string of the molecule is NC1CC(CF)(CF)Oc2ccccc21. The molecule has 1 atom stereocenters. The quantitative estimate of drug-likeness (QED) is 0.816. The van der Waals surface area contributed by atoms with Crippen LogP contribution in [0.3, 0.4) is 0 Å². The van der Waals surface area contributed by atoms with Gasteiger partial charge in [-0.25, -0.2) is 8.78 Å². The predicted molar refractivity (Wildman–Crippen MR) is 53.3 cm³/mol. The Morgan fingerprint density at radius 2 is 2.00 bits per heavy atom. The van der Waals surface area contributed by atoms with Crippen LogP contribution in [0.2, 0.25) is 0 Å². The summed E-state index contributed by atoms with van der Waals surface area (Å²) in [5.41, 5.74) is 5.29.